The molecule has 0 saturated heterocycles. The molecule has 0 amide bonds. The van der Waals surface area contributed by atoms with E-state index in [1.165, 1.54) is 12.8 Å². The maximum atomic E-state index is 5.64. The number of hydrogen-bond acceptors (Lipinski definition) is 5. The Bertz CT molecular complexity index is 338. The van der Waals surface area contributed by atoms with E-state index in [2.05, 4.69) is 15.0 Å². The van der Waals surface area contributed by atoms with Crippen LogP contribution in [0.3, 0.4) is 0 Å². The van der Waals surface area contributed by atoms with Gasteiger partial charge in [0, 0.05) is 26.1 Å². The zero-order valence-corrected chi connectivity index (χ0v) is 8.94. The molecule has 15 heavy (non-hydrogen) atoms. The molecule has 1 aromatic rings. The van der Waals surface area contributed by atoms with E-state index in [4.69, 9.17) is 10.5 Å². The minimum atomic E-state index is 0.347. The fourth-order valence-electron chi connectivity index (χ4n) is 1.47. The van der Waals surface area contributed by atoms with Gasteiger partial charge < -0.3 is 10.5 Å². The van der Waals surface area contributed by atoms with Crippen LogP contribution in [0.25, 0.3) is 0 Å². The Hall–Kier alpha value is -1.23. The van der Waals surface area contributed by atoms with Crippen LogP contribution in [0.15, 0.2) is 0 Å². The lowest BCUT2D eigenvalue weighted by Gasteiger charge is -2.03. The highest BCUT2D eigenvalue weighted by molar-refractivity contribution is 5.19. The first-order valence-electron chi connectivity index (χ1n) is 5.29. The predicted molar refractivity (Wildman–Crippen MR) is 56.4 cm³/mol. The fraction of sp³-hybridized carbons (Fsp3) is 0.700. The summed E-state index contributed by atoms with van der Waals surface area (Å²) in [4.78, 5) is 12.7. The fourth-order valence-corrected chi connectivity index (χ4v) is 1.47. The molecule has 1 aliphatic rings. The van der Waals surface area contributed by atoms with E-state index in [0.717, 1.165) is 31.1 Å². The SMILES string of the molecule is COCCCc1nc(N)nc(C2CC2)n1. The highest BCUT2D eigenvalue weighted by Gasteiger charge is 2.27. The third kappa shape index (κ3) is 2.86. The predicted octanol–water partition coefficient (Wildman–Crippen LogP) is 0.910. The summed E-state index contributed by atoms with van der Waals surface area (Å²) in [6.07, 6.45) is 4.09. The Balaban J connectivity index is 2.02. The van der Waals surface area contributed by atoms with Gasteiger partial charge in [0.25, 0.3) is 0 Å². The van der Waals surface area contributed by atoms with Gasteiger partial charge in [-0.1, -0.05) is 0 Å². The summed E-state index contributed by atoms with van der Waals surface area (Å²) in [7, 11) is 1.69. The highest BCUT2D eigenvalue weighted by Crippen LogP contribution is 2.37. The Morgan fingerprint density at radius 2 is 2.13 bits per heavy atom. The minimum Gasteiger partial charge on any atom is -0.385 e. The second-order valence-corrected chi connectivity index (χ2v) is 3.84. The summed E-state index contributed by atoms with van der Waals surface area (Å²) in [5, 5.41) is 0. The van der Waals surface area contributed by atoms with Crippen LogP contribution in [0.5, 0.6) is 0 Å². The lowest BCUT2D eigenvalue weighted by atomic mass is 10.3. The van der Waals surface area contributed by atoms with E-state index in [-0.39, 0.29) is 0 Å². The molecule has 1 aliphatic carbocycles. The molecule has 2 rings (SSSR count). The second kappa shape index (κ2) is 4.53. The van der Waals surface area contributed by atoms with Gasteiger partial charge in [0.2, 0.25) is 5.95 Å². The molecular formula is C10H16N4O. The first-order chi connectivity index (χ1) is 7.29. The van der Waals surface area contributed by atoms with Crippen molar-refractivity contribution in [1.29, 1.82) is 0 Å². The lowest BCUT2D eigenvalue weighted by molar-refractivity contribution is 0.194. The van der Waals surface area contributed by atoms with Gasteiger partial charge in [-0.15, -0.1) is 0 Å². The lowest BCUT2D eigenvalue weighted by Crippen LogP contribution is -2.07. The Kier molecular flexibility index (Phi) is 3.11. The van der Waals surface area contributed by atoms with Crippen LogP contribution in [0.2, 0.25) is 0 Å². The van der Waals surface area contributed by atoms with Crippen molar-refractivity contribution < 1.29 is 4.74 Å². The number of nitrogen functional groups attached to an aromatic ring is 1. The monoisotopic (exact) mass is 208 g/mol. The van der Waals surface area contributed by atoms with Crippen molar-refractivity contribution in [2.45, 2.75) is 31.6 Å². The molecular weight excluding hydrogens is 192 g/mol. The first-order valence-corrected chi connectivity index (χ1v) is 5.29. The second-order valence-electron chi connectivity index (χ2n) is 3.84. The number of hydrogen-bond donors (Lipinski definition) is 1. The Morgan fingerprint density at radius 3 is 2.80 bits per heavy atom. The molecule has 1 fully saturated rings. The van der Waals surface area contributed by atoms with Gasteiger partial charge in [0.15, 0.2) is 0 Å². The molecule has 2 N–H and O–H groups in total. The number of methoxy groups -OCH3 is 1. The molecule has 1 aromatic heterocycles. The molecule has 5 heteroatoms. The maximum Gasteiger partial charge on any atom is 0.223 e. The molecule has 82 valence electrons. The molecule has 0 unspecified atom stereocenters. The van der Waals surface area contributed by atoms with Gasteiger partial charge >= 0.3 is 0 Å². The number of anilines is 1. The molecule has 0 aliphatic heterocycles. The molecule has 0 atom stereocenters. The van der Waals surface area contributed by atoms with Crippen LogP contribution in [0, 0.1) is 0 Å². The Labute approximate surface area is 89.1 Å². The van der Waals surface area contributed by atoms with E-state index in [1.807, 2.05) is 0 Å². The maximum absolute atomic E-state index is 5.64. The number of aryl methyl sites for hydroxylation is 1. The van der Waals surface area contributed by atoms with Gasteiger partial charge in [-0.05, 0) is 19.3 Å². The molecule has 0 aromatic carbocycles. The number of nitrogens with zero attached hydrogens (tertiary/aromatic N) is 3. The van der Waals surface area contributed by atoms with Crippen molar-refractivity contribution in [3.8, 4) is 0 Å². The van der Waals surface area contributed by atoms with E-state index in [9.17, 15) is 0 Å². The standard InChI is InChI=1S/C10H16N4O/c1-15-6-2-3-8-12-9(7-4-5-7)14-10(11)13-8/h7H,2-6H2,1H3,(H2,11,12,13,14). The molecule has 0 radical (unpaired) electrons. The van der Waals surface area contributed by atoms with Gasteiger partial charge in [0.1, 0.15) is 11.6 Å². The summed E-state index contributed by atoms with van der Waals surface area (Å²) >= 11 is 0. The average Bonchev–Trinajstić information content (AvgIpc) is 3.00. The highest BCUT2D eigenvalue weighted by atomic mass is 16.5. The molecule has 1 heterocycles. The smallest absolute Gasteiger partial charge is 0.223 e. The van der Waals surface area contributed by atoms with E-state index in [1.54, 1.807) is 7.11 Å². The Morgan fingerprint density at radius 1 is 1.33 bits per heavy atom. The molecule has 0 bridgehead atoms. The normalized spacial score (nSPS) is 15.5. The van der Waals surface area contributed by atoms with Crippen LogP contribution >= 0.6 is 0 Å². The van der Waals surface area contributed by atoms with Gasteiger partial charge in [-0.2, -0.15) is 9.97 Å². The summed E-state index contributed by atoms with van der Waals surface area (Å²) < 4.78 is 4.98. The number of nitrogens with two attached hydrogens (primary N) is 1. The van der Waals surface area contributed by atoms with E-state index < -0.39 is 0 Å². The van der Waals surface area contributed by atoms with Gasteiger partial charge in [0.05, 0.1) is 0 Å². The van der Waals surface area contributed by atoms with Crippen LogP contribution in [-0.4, -0.2) is 28.7 Å². The van der Waals surface area contributed by atoms with E-state index >= 15 is 0 Å². The van der Waals surface area contributed by atoms with Crippen molar-refractivity contribution in [3.63, 3.8) is 0 Å². The third-order valence-electron chi connectivity index (χ3n) is 2.41. The summed E-state index contributed by atoms with van der Waals surface area (Å²) in [6.45, 7) is 0.727. The number of ether oxygens (including phenoxy) is 1. The summed E-state index contributed by atoms with van der Waals surface area (Å²) in [5.74, 6) is 2.53. The number of rotatable bonds is 5. The van der Waals surface area contributed by atoms with E-state index in [0.29, 0.717) is 11.9 Å². The average molecular weight is 208 g/mol. The summed E-state index contributed by atoms with van der Waals surface area (Å²) in [6, 6.07) is 0. The zero-order valence-electron chi connectivity index (χ0n) is 8.94. The van der Waals surface area contributed by atoms with Crippen LogP contribution in [0.1, 0.15) is 36.8 Å². The van der Waals surface area contributed by atoms with Gasteiger partial charge in [-0.3, -0.25) is 0 Å². The minimum absolute atomic E-state index is 0.347. The van der Waals surface area contributed by atoms with Crippen LogP contribution in [0.4, 0.5) is 5.95 Å². The van der Waals surface area contributed by atoms with Crippen LogP contribution in [-0.2, 0) is 11.2 Å². The zero-order chi connectivity index (χ0) is 10.7. The quantitative estimate of drug-likeness (QED) is 0.728. The molecule has 0 spiro atoms. The van der Waals surface area contributed by atoms with Crippen LogP contribution < -0.4 is 5.73 Å². The van der Waals surface area contributed by atoms with Crippen molar-refractivity contribution >= 4 is 5.95 Å². The first kappa shape index (κ1) is 10.3. The molecule has 5 nitrogen and oxygen atoms in total. The van der Waals surface area contributed by atoms with Gasteiger partial charge in [-0.25, -0.2) is 4.98 Å². The van der Waals surface area contributed by atoms with Crippen molar-refractivity contribution in [1.82, 2.24) is 15.0 Å². The number of aromatic nitrogens is 3. The molecule has 1 saturated carbocycles. The summed E-state index contributed by atoms with van der Waals surface area (Å²) in [5.41, 5.74) is 5.64. The van der Waals surface area contributed by atoms with Crippen molar-refractivity contribution in [2.75, 3.05) is 19.5 Å². The van der Waals surface area contributed by atoms with Crippen molar-refractivity contribution in [2.24, 2.45) is 0 Å². The van der Waals surface area contributed by atoms with Crippen molar-refractivity contribution in [3.05, 3.63) is 11.6 Å². The largest absolute Gasteiger partial charge is 0.385 e. The third-order valence-corrected chi connectivity index (χ3v) is 2.41. The topological polar surface area (TPSA) is 73.9 Å².